The number of nitrogens with zero attached hydrogens (tertiary/aromatic N) is 3. The lowest BCUT2D eigenvalue weighted by molar-refractivity contribution is -0.137. The second kappa shape index (κ2) is 10.6. The van der Waals surface area contributed by atoms with Crippen LogP contribution in [0.2, 0.25) is 0 Å². The van der Waals surface area contributed by atoms with E-state index < -0.39 is 24.4 Å². The van der Waals surface area contributed by atoms with Crippen LogP contribution >= 0.6 is 0 Å². The molecule has 35 heavy (non-hydrogen) atoms. The number of primary amides is 1. The van der Waals surface area contributed by atoms with E-state index in [4.69, 9.17) is 11.0 Å². The number of anilines is 1. The Labute approximate surface area is 196 Å². The van der Waals surface area contributed by atoms with Gasteiger partial charge in [-0.2, -0.15) is 37.3 Å². The van der Waals surface area contributed by atoms with Gasteiger partial charge in [0.25, 0.3) is 0 Å². The number of urea groups is 1. The predicted molar refractivity (Wildman–Crippen MR) is 118 cm³/mol. The lowest BCUT2D eigenvalue weighted by Crippen LogP contribution is -2.32. The number of hydrogen-bond donors (Lipinski definition) is 1. The first-order valence-corrected chi connectivity index (χ1v) is 9.95. The molecule has 6 nitrogen and oxygen atoms in total. The topological polar surface area (TPSA) is 91.7 Å². The highest BCUT2D eigenvalue weighted by atomic mass is 19.4. The van der Waals surface area contributed by atoms with E-state index in [0.717, 1.165) is 29.3 Å². The number of hydrogen-bond acceptors (Lipinski definition) is 4. The number of halogens is 5. The standard InChI is InChI=1S/C24H17F5N4O2/c25-22(26)35-20-10-8-19(9-11-20)33(23(31)34)32-21(12-15-4-6-16(14-30)7-5-15)17-2-1-3-18(13-17)24(27,28)29/h1-11,13,22H,12H2,(H2,31,34)/b32-21-. The van der Waals surface area contributed by atoms with E-state index in [1.807, 2.05) is 6.07 Å². The van der Waals surface area contributed by atoms with Gasteiger partial charge < -0.3 is 10.5 Å². The molecular weight excluding hydrogens is 471 g/mol. The number of carbonyl (C=O) groups excluding carboxylic acids is 1. The third-order valence-corrected chi connectivity index (χ3v) is 4.71. The van der Waals surface area contributed by atoms with Crippen molar-refractivity contribution in [2.45, 2.75) is 19.2 Å². The number of amides is 2. The molecule has 0 bridgehead atoms. The minimum atomic E-state index is -4.61. The van der Waals surface area contributed by atoms with Crippen molar-refractivity contribution in [2.75, 3.05) is 5.01 Å². The summed E-state index contributed by atoms with van der Waals surface area (Å²) in [6.07, 6.45) is -4.62. The monoisotopic (exact) mass is 488 g/mol. The van der Waals surface area contributed by atoms with Crippen molar-refractivity contribution in [3.63, 3.8) is 0 Å². The Bertz CT molecular complexity index is 1250. The molecule has 3 aromatic carbocycles. The highest BCUT2D eigenvalue weighted by molar-refractivity contribution is 6.04. The number of nitriles is 1. The summed E-state index contributed by atoms with van der Waals surface area (Å²) in [4.78, 5) is 12.2. The number of nitrogens with two attached hydrogens (primary N) is 1. The number of alkyl halides is 5. The van der Waals surface area contributed by atoms with Crippen LogP contribution in [0.4, 0.5) is 32.4 Å². The van der Waals surface area contributed by atoms with Gasteiger partial charge >= 0.3 is 18.8 Å². The molecule has 0 saturated carbocycles. The second-order valence-corrected chi connectivity index (χ2v) is 7.13. The summed E-state index contributed by atoms with van der Waals surface area (Å²) in [5.41, 5.74) is 5.74. The molecule has 0 atom stereocenters. The van der Waals surface area contributed by atoms with E-state index in [1.165, 1.54) is 36.4 Å². The van der Waals surface area contributed by atoms with Gasteiger partial charge in [-0.1, -0.05) is 24.3 Å². The van der Waals surface area contributed by atoms with Crippen LogP contribution in [0.25, 0.3) is 0 Å². The maximum atomic E-state index is 13.3. The summed E-state index contributed by atoms with van der Waals surface area (Å²) in [6.45, 7) is -3.05. The van der Waals surface area contributed by atoms with Crippen LogP contribution in [0.15, 0.2) is 77.9 Å². The molecule has 0 aromatic heterocycles. The first-order chi connectivity index (χ1) is 16.6. The smallest absolute Gasteiger partial charge is 0.416 e. The molecule has 0 heterocycles. The predicted octanol–water partition coefficient (Wildman–Crippen LogP) is 5.71. The molecule has 0 aliphatic carbocycles. The molecule has 3 aromatic rings. The number of benzene rings is 3. The van der Waals surface area contributed by atoms with Gasteiger partial charge in [-0.15, -0.1) is 0 Å². The van der Waals surface area contributed by atoms with E-state index in [1.54, 1.807) is 12.1 Å². The molecule has 0 aliphatic heterocycles. The van der Waals surface area contributed by atoms with E-state index in [0.29, 0.717) is 11.1 Å². The van der Waals surface area contributed by atoms with Gasteiger partial charge in [0.05, 0.1) is 28.6 Å². The lowest BCUT2D eigenvalue weighted by atomic mass is 9.99. The van der Waals surface area contributed by atoms with Crippen LogP contribution < -0.4 is 15.5 Å². The van der Waals surface area contributed by atoms with Gasteiger partial charge in [0.1, 0.15) is 5.75 Å². The fourth-order valence-corrected chi connectivity index (χ4v) is 3.08. The van der Waals surface area contributed by atoms with Crippen molar-refractivity contribution >= 4 is 17.4 Å². The third-order valence-electron chi connectivity index (χ3n) is 4.71. The van der Waals surface area contributed by atoms with Crippen molar-refractivity contribution in [3.8, 4) is 11.8 Å². The first kappa shape index (κ1) is 25.2. The quantitative estimate of drug-likeness (QED) is 0.262. The number of hydrazone groups is 1. The van der Waals surface area contributed by atoms with E-state index in [2.05, 4.69) is 9.84 Å². The molecule has 0 unspecified atom stereocenters. The summed E-state index contributed by atoms with van der Waals surface area (Å²) in [5, 5.41) is 13.9. The van der Waals surface area contributed by atoms with Crippen LogP contribution in [-0.2, 0) is 12.6 Å². The van der Waals surface area contributed by atoms with Crippen LogP contribution in [0.5, 0.6) is 5.75 Å². The molecule has 0 saturated heterocycles. The highest BCUT2D eigenvalue weighted by Crippen LogP contribution is 2.30. The van der Waals surface area contributed by atoms with Gasteiger partial charge in [-0.05, 0) is 59.7 Å². The molecule has 0 aliphatic rings. The van der Waals surface area contributed by atoms with Crippen LogP contribution in [0, 0.1) is 11.3 Å². The first-order valence-electron chi connectivity index (χ1n) is 9.95. The van der Waals surface area contributed by atoms with E-state index >= 15 is 0 Å². The Kier molecular flexibility index (Phi) is 7.66. The summed E-state index contributed by atoms with van der Waals surface area (Å²) in [5.74, 6) is -0.173. The Balaban J connectivity index is 2.07. The zero-order valence-electron chi connectivity index (χ0n) is 17.8. The van der Waals surface area contributed by atoms with Crippen LogP contribution in [0.3, 0.4) is 0 Å². The van der Waals surface area contributed by atoms with Gasteiger partial charge in [-0.3, -0.25) is 0 Å². The highest BCUT2D eigenvalue weighted by Gasteiger charge is 2.31. The molecule has 2 amide bonds. The van der Waals surface area contributed by atoms with Crippen molar-refractivity contribution in [3.05, 3.63) is 95.1 Å². The maximum absolute atomic E-state index is 13.3. The number of carbonyl (C=O) groups is 1. The lowest BCUT2D eigenvalue weighted by Gasteiger charge is -2.18. The zero-order chi connectivity index (χ0) is 25.6. The molecule has 0 fully saturated rings. The van der Waals surface area contributed by atoms with Crippen molar-refractivity contribution in [1.29, 1.82) is 5.26 Å². The largest absolute Gasteiger partial charge is 0.435 e. The molecule has 2 N–H and O–H groups in total. The van der Waals surface area contributed by atoms with E-state index in [-0.39, 0.29) is 29.1 Å². The number of ether oxygens (including phenoxy) is 1. The zero-order valence-corrected chi connectivity index (χ0v) is 17.8. The third kappa shape index (κ3) is 6.77. The Morgan fingerprint density at radius 2 is 1.71 bits per heavy atom. The fourth-order valence-electron chi connectivity index (χ4n) is 3.08. The summed E-state index contributed by atoms with van der Waals surface area (Å²) in [7, 11) is 0. The fraction of sp³-hybridized carbons (Fsp3) is 0.125. The molecule has 0 radical (unpaired) electrons. The SMILES string of the molecule is N#Cc1ccc(C/C(=N/N(C(N)=O)c2ccc(OC(F)F)cc2)c2cccc(C(F)(F)F)c2)cc1. The van der Waals surface area contributed by atoms with Crippen molar-refractivity contribution in [2.24, 2.45) is 10.8 Å². The number of rotatable bonds is 7. The molecule has 11 heteroatoms. The average Bonchev–Trinajstić information content (AvgIpc) is 2.82. The minimum absolute atomic E-state index is 0.0105. The molecule has 3 rings (SSSR count). The van der Waals surface area contributed by atoms with Gasteiger partial charge in [-0.25, -0.2) is 4.79 Å². The van der Waals surface area contributed by atoms with E-state index in [9.17, 15) is 26.7 Å². The minimum Gasteiger partial charge on any atom is -0.435 e. The summed E-state index contributed by atoms with van der Waals surface area (Å²) >= 11 is 0. The van der Waals surface area contributed by atoms with Gasteiger partial charge in [0.15, 0.2) is 0 Å². The normalized spacial score (nSPS) is 11.7. The Hall–Kier alpha value is -4.46. The second-order valence-electron chi connectivity index (χ2n) is 7.13. The summed E-state index contributed by atoms with van der Waals surface area (Å²) in [6, 6.07) is 16.4. The Morgan fingerprint density at radius 1 is 1.06 bits per heavy atom. The van der Waals surface area contributed by atoms with Crippen molar-refractivity contribution in [1.82, 2.24) is 0 Å². The molecule has 180 valence electrons. The average molecular weight is 488 g/mol. The molecular formula is C24H17F5N4O2. The Morgan fingerprint density at radius 3 is 2.26 bits per heavy atom. The van der Waals surface area contributed by atoms with Crippen LogP contribution in [0.1, 0.15) is 22.3 Å². The molecule has 0 spiro atoms. The summed E-state index contributed by atoms with van der Waals surface area (Å²) < 4.78 is 69.0. The van der Waals surface area contributed by atoms with Crippen molar-refractivity contribution < 1.29 is 31.5 Å². The maximum Gasteiger partial charge on any atom is 0.416 e. The van der Waals surface area contributed by atoms with Gasteiger partial charge in [0, 0.05) is 6.42 Å². The van der Waals surface area contributed by atoms with Crippen LogP contribution in [-0.4, -0.2) is 18.4 Å². The van der Waals surface area contributed by atoms with Gasteiger partial charge in [0.2, 0.25) is 0 Å².